The van der Waals surface area contributed by atoms with Gasteiger partial charge in [0.05, 0.1) is 10.8 Å². The van der Waals surface area contributed by atoms with E-state index in [-0.39, 0.29) is 5.41 Å². The highest BCUT2D eigenvalue weighted by Crippen LogP contribution is 2.50. The Morgan fingerprint density at radius 2 is 1.41 bits per heavy atom. The number of aryl methyl sites for hydroxylation is 2. The quantitative estimate of drug-likeness (QED) is 0.281. The molecular weight excluding hydrogens is 400 g/mol. The van der Waals surface area contributed by atoms with E-state index in [2.05, 4.69) is 26.8 Å². The molecule has 2 rings (SSSR count). The predicted octanol–water partition coefficient (Wildman–Crippen LogP) is 7.18. The van der Waals surface area contributed by atoms with Gasteiger partial charge < -0.3 is 10.2 Å². The van der Waals surface area contributed by atoms with E-state index in [1.165, 1.54) is 27.8 Å². The minimum absolute atomic E-state index is 0.388. The second-order valence-corrected chi connectivity index (χ2v) is 10.8. The van der Waals surface area contributed by atoms with Crippen LogP contribution < -0.4 is 0 Å². The summed E-state index contributed by atoms with van der Waals surface area (Å²) < 4.78 is 0. The molecule has 1 fully saturated rings. The number of carbonyl (C=O) groups is 2. The summed E-state index contributed by atoms with van der Waals surface area (Å²) in [6.07, 6.45) is 13.0. The minimum atomic E-state index is -0.705. The predicted molar refractivity (Wildman–Crippen MR) is 130 cm³/mol. The van der Waals surface area contributed by atoms with Crippen LogP contribution in [0.5, 0.6) is 0 Å². The highest BCUT2D eigenvalue weighted by molar-refractivity contribution is 5.77. The van der Waals surface area contributed by atoms with E-state index in [9.17, 15) is 19.8 Å². The summed E-state index contributed by atoms with van der Waals surface area (Å²) in [7, 11) is 0. The molecule has 0 saturated heterocycles. The van der Waals surface area contributed by atoms with Gasteiger partial charge >= 0.3 is 11.9 Å². The zero-order valence-corrected chi connectivity index (χ0v) is 21.0. The van der Waals surface area contributed by atoms with Crippen LogP contribution in [0.1, 0.15) is 112 Å². The first-order valence-electron chi connectivity index (χ1n) is 12.6. The Morgan fingerprint density at radius 3 is 1.97 bits per heavy atom. The molecule has 0 spiro atoms. The maximum absolute atomic E-state index is 11.3. The lowest BCUT2D eigenvalue weighted by Gasteiger charge is -2.19. The first kappa shape index (κ1) is 26.4. The summed E-state index contributed by atoms with van der Waals surface area (Å²) in [5, 5.41) is 18.6. The van der Waals surface area contributed by atoms with E-state index in [1.807, 2.05) is 13.8 Å². The summed E-state index contributed by atoms with van der Waals surface area (Å²) in [6.45, 7) is 10.3. The second kappa shape index (κ2) is 11.3. The second-order valence-electron chi connectivity index (χ2n) is 10.8. The molecule has 1 aliphatic rings. The lowest BCUT2D eigenvalue weighted by Crippen LogP contribution is -2.23. The molecule has 0 amide bonds. The van der Waals surface area contributed by atoms with Gasteiger partial charge in [-0.15, -0.1) is 0 Å². The van der Waals surface area contributed by atoms with Gasteiger partial charge in [-0.2, -0.15) is 0 Å². The van der Waals surface area contributed by atoms with Crippen molar-refractivity contribution >= 4 is 11.9 Å². The Morgan fingerprint density at radius 1 is 0.844 bits per heavy atom. The van der Waals surface area contributed by atoms with E-state index in [1.54, 1.807) is 0 Å². The van der Waals surface area contributed by atoms with Crippen LogP contribution in [-0.4, -0.2) is 22.2 Å². The maximum Gasteiger partial charge on any atom is 0.309 e. The Kier molecular flexibility index (Phi) is 9.36. The van der Waals surface area contributed by atoms with Crippen molar-refractivity contribution in [2.45, 2.75) is 118 Å². The van der Waals surface area contributed by atoms with Crippen molar-refractivity contribution < 1.29 is 19.8 Å². The standard InChI is InChI=1S/C28H44O4/c1-20-19-21(2)23(13-10-8-12-16-28(17-18-28)26(31)32)24(22(20)3)14-9-6-7-11-15-27(4,5)25(29)30/h19H,6-18H2,1-5H3,(H,29,30)(H,31,32). The molecule has 0 atom stereocenters. The van der Waals surface area contributed by atoms with E-state index in [0.717, 1.165) is 83.5 Å². The van der Waals surface area contributed by atoms with Gasteiger partial charge in [-0.1, -0.05) is 38.2 Å². The van der Waals surface area contributed by atoms with Gasteiger partial charge in [0.1, 0.15) is 0 Å². The molecule has 0 radical (unpaired) electrons. The Labute approximate surface area is 194 Å². The van der Waals surface area contributed by atoms with Crippen molar-refractivity contribution in [2.75, 3.05) is 0 Å². The fraction of sp³-hybridized carbons (Fsp3) is 0.714. The number of aliphatic carboxylic acids is 2. The summed E-state index contributed by atoms with van der Waals surface area (Å²) in [5.74, 6) is -1.31. The molecule has 0 unspecified atom stereocenters. The summed E-state index contributed by atoms with van der Waals surface area (Å²) >= 11 is 0. The average molecular weight is 445 g/mol. The lowest BCUT2D eigenvalue weighted by molar-refractivity contribution is -0.147. The molecular formula is C28H44O4. The van der Waals surface area contributed by atoms with Gasteiger partial charge in [0.2, 0.25) is 0 Å². The normalized spacial score (nSPS) is 15.0. The third kappa shape index (κ3) is 7.08. The molecule has 32 heavy (non-hydrogen) atoms. The fourth-order valence-corrected chi connectivity index (χ4v) is 4.90. The smallest absolute Gasteiger partial charge is 0.309 e. The number of rotatable bonds is 15. The molecule has 0 heterocycles. The molecule has 4 nitrogen and oxygen atoms in total. The molecule has 0 aliphatic heterocycles. The van der Waals surface area contributed by atoms with Gasteiger partial charge in [-0.25, -0.2) is 0 Å². The topological polar surface area (TPSA) is 74.6 Å². The summed E-state index contributed by atoms with van der Waals surface area (Å²) in [6, 6.07) is 2.31. The number of hydrogen-bond acceptors (Lipinski definition) is 2. The van der Waals surface area contributed by atoms with Crippen molar-refractivity contribution in [3.05, 3.63) is 33.9 Å². The van der Waals surface area contributed by atoms with Crippen molar-refractivity contribution in [1.82, 2.24) is 0 Å². The first-order valence-corrected chi connectivity index (χ1v) is 12.6. The number of unbranched alkanes of at least 4 members (excludes halogenated alkanes) is 5. The van der Waals surface area contributed by atoms with Crippen LogP contribution in [0, 0.1) is 31.6 Å². The zero-order chi connectivity index (χ0) is 23.9. The number of benzene rings is 1. The summed E-state index contributed by atoms with van der Waals surface area (Å²) in [5.41, 5.74) is 6.16. The molecule has 0 aromatic heterocycles. The monoisotopic (exact) mass is 444 g/mol. The third-order valence-electron chi connectivity index (χ3n) is 7.76. The molecule has 4 heteroatoms. The van der Waals surface area contributed by atoms with Crippen LogP contribution in [0.25, 0.3) is 0 Å². The van der Waals surface area contributed by atoms with Crippen molar-refractivity contribution in [2.24, 2.45) is 10.8 Å². The van der Waals surface area contributed by atoms with E-state index in [4.69, 9.17) is 0 Å². The highest BCUT2D eigenvalue weighted by Gasteiger charge is 2.49. The van der Waals surface area contributed by atoms with Gasteiger partial charge in [0, 0.05) is 0 Å². The minimum Gasteiger partial charge on any atom is -0.481 e. The molecule has 1 aliphatic carbocycles. The number of carboxylic acid groups (broad SMARTS) is 2. The van der Waals surface area contributed by atoms with Crippen LogP contribution >= 0.6 is 0 Å². The van der Waals surface area contributed by atoms with Crippen LogP contribution in [0.2, 0.25) is 0 Å². The van der Waals surface area contributed by atoms with Gasteiger partial charge in [-0.05, 0) is 114 Å². The number of carboxylic acids is 2. The van der Waals surface area contributed by atoms with Crippen LogP contribution in [0.3, 0.4) is 0 Å². The largest absolute Gasteiger partial charge is 0.481 e. The van der Waals surface area contributed by atoms with Gasteiger partial charge in [-0.3, -0.25) is 9.59 Å². The molecule has 1 saturated carbocycles. The molecule has 180 valence electrons. The summed E-state index contributed by atoms with van der Waals surface area (Å²) in [4.78, 5) is 22.6. The zero-order valence-electron chi connectivity index (χ0n) is 21.0. The van der Waals surface area contributed by atoms with Crippen LogP contribution in [0.4, 0.5) is 0 Å². The first-order chi connectivity index (χ1) is 15.0. The highest BCUT2D eigenvalue weighted by atomic mass is 16.4. The molecule has 1 aromatic carbocycles. The molecule has 1 aromatic rings. The van der Waals surface area contributed by atoms with Crippen molar-refractivity contribution in [3.63, 3.8) is 0 Å². The van der Waals surface area contributed by atoms with Gasteiger partial charge in [0.25, 0.3) is 0 Å². The van der Waals surface area contributed by atoms with E-state index < -0.39 is 17.4 Å². The Bertz CT molecular complexity index is 802. The SMILES string of the molecule is Cc1cc(C)c(CCCCCC2(C(=O)O)CC2)c(CCCCCCC(C)(C)C(=O)O)c1C. The Balaban J connectivity index is 1.83. The molecule has 0 bridgehead atoms. The van der Waals surface area contributed by atoms with Crippen molar-refractivity contribution in [1.29, 1.82) is 0 Å². The van der Waals surface area contributed by atoms with E-state index in [0.29, 0.717) is 0 Å². The van der Waals surface area contributed by atoms with Gasteiger partial charge in [0.15, 0.2) is 0 Å². The van der Waals surface area contributed by atoms with Crippen molar-refractivity contribution in [3.8, 4) is 0 Å². The lowest BCUT2D eigenvalue weighted by atomic mass is 9.86. The third-order valence-corrected chi connectivity index (χ3v) is 7.76. The fourth-order valence-electron chi connectivity index (χ4n) is 4.90. The maximum atomic E-state index is 11.3. The Hall–Kier alpha value is -1.84. The van der Waals surface area contributed by atoms with Crippen LogP contribution in [0.15, 0.2) is 6.07 Å². The van der Waals surface area contributed by atoms with Crippen LogP contribution in [-0.2, 0) is 22.4 Å². The number of hydrogen-bond donors (Lipinski definition) is 2. The average Bonchev–Trinajstić information content (AvgIpc) is 3.50. The molecule has 2 N–H and O–H groups in total. The van der Waals surface area contributed by atoms with E-state index >= 15 is 0 Å².